The second-order valence-electron chi connectivity index (χ2n) is 6.07. The number of nitriles is 1. The topological polar surface area (TPSA) is 79.7 Å². The van der Waals surface area contributed by atoms with Crippen molar-refractivity contribution in [2.75, 3.05) is 51.1 Å². The van der Waals surface area contributed by atoms with Crippen LogP contribution >= 0.6 is 11.6 Å². The average Bonchev–Trinajstić information content (AvgIpc) is 2.63. The van der Waals surface area contributed by atoms with Crippen molar-refractivity contribution in [3.05, 3.63) is 28.8 Å². The normalized spacial score (nSPS) is 14.6. The van der Waals surface area contributed by atoms with Gasteiger partial charge < -0.3 is 15.1 Å². The van der Waals surface area contributed by atoms with Crippen LogP contribution in [0.4, 0.5) is 10.5 Å². The first kappa shape index (κ1) is 20.0. The molecule has 1 fully saturated rings. The van der Waals surface area contributed by atoms with E-state index in [0.717, 1.165) is 0 Å². The molecule has 0 radical (unpaired) electrons. The van der Waals surface area contributed by atoms with Crippen LogP contribution in [0.15, 0.2) is 18.2 Å². The average molecular weight is 378 g/mol. The van der Waals surface area contributed by atoms with Gasteiger partial charge in [0.2, 0.25) is 5.91 Å². The smallest absolute Gasteiger partial charge is 0.321 e. The number of anilines is 1. The SMILES string of the molecule is CCN(CC)C(=O)CN1CCN(C(=O)Nc2ccc(C#N)c(Cl)c2)CC1. The highest BCUT2D eigenvalue weighted by Crippen LogP contribution is 2.20. The van der Waals surface area contributed by atoms with Crippen LogP contribution in [0.25, 0.3) is 0 Å². The Morgan fingerprint density at radius 2 is 1.88 bits per heavy atom. The van der Waals surface area contributed by atoms with Gasteiger partial charge in [-0.1, -0.05) is 11.6 Å². The van der Waals surface area contributed by atoms with Crippen molar-refractivity contribution in [3.63, 3.8) is 0 Å². The molecule has 1 aliphatic rings. The zero-order valence-corrected chi connectivity index (χ0v) is 15.9. The molecule has 0 atom stereocenters. The van der Waals surface area contributed by atoms with Crippen LogP contribution in [0, 0.1) is 11.3 Å². The maximum absolute atomic E-state index is 12.4. The second kappa shape index (κ2) is 9.41. The summed E-state index contributed by atoms with van der Waals surface area (Å²) in [5.41, 5.74) is 0.925. The molecular weight excluding hydrogens is 354 g/mol. The van der Waals surface area contributed by atoms with Crippen molar-refractivity contribution in [1.82, 2.24) is 14.7 Å². The van der Waals surface area contributed by atoms with Gasteiger partial charge in [0.1, 0.15) is 6.07 Å². The summed E-state index contributed by atoms with van der Waals surface area (Å²) in [7, 11) is 0. The molecule has 3 amide bonds. The number of halogens is 1. The van der Waals surface area contributed by atoms with Gasteiger partial charge in [-0.25, -0.2) is 4.79 Å². The number of likely N-dealkylation sites (N-methyl/N-ethyl adjacent to an activating group) is 1. The Morgan fingerprint density at radius 3 is 2.42 bits per heavy atom. The fourth-order valence-electron chi connectivity index (χ4n) is 2.86. The predicted octanol–water partition coefficient (Wildman–Crippen LogP) is 2.23. The Hall–Kier alpha value is -2.30. The van der Waals surface area contributed by atoms with Gasteiger partial charge in [-0.05, 0) is 32.0 Å². The van der Waals surface area contributed by atoms with Crippen LogP contribution in [-0.4, -0.2) is 72.5 Å². The molecule has 0 unspecified atom stereocenters. The molecule has 1 aliphatic heterocycles. The van der Waals surface area contributed by atoms with Gasteiger partial charge in [-0.3, -0.25) is 9.69 Å². The van der Waals surface area contributed by atoms with E-state index in [4.69, 9.17) is 16.9 Å². The Balaban J connectivity index is 1.84. The van der Waals surface area contributed by atoms with E-state index in [9.17, 15) is 9.59 Å². The fraction of sp³-hybridized carbons (Fsp3) is 0.500. The molecule has 1 saturated heterocycles. The van der Waals surface area contributed by atoms with Crippen LogP contribution in [0.3, 0.4) is 0 Å². The molecule has 26 heavy (non-hydrogen) atoms. The first-order valence-corrected chi connectivity index (χ1v) is 9.12. The van der Waals surface area contributed by atoms with Crippen molar-refractivity contribution >= 4 is 29.2 Å². The number of benzene rings is 1. The van der Waals surface area contributed by atoms with Gasteiger partial charge >= 0.3 is 6.03 Å². The third kappa shape index (κ3) is 5.10. The Labute approximate surface area is 159 Å². The summed E-state index contributed by atoms with van der Waals surface area (Å²) >= 11 is 5.99. The van der Waals surface area contributed by atoms with Crippen molar-refractivity contribution in [1.29, 1.82) is 5.26 Å². The number of rotatable bonds is 5. The first-order valence-electron chi connectivity index (χ1n) is 8.74. The molecule has 8 heteroatoms. The van der Waals surface area contributed by atoms with E-state index in [0.29, 0.717) is 62.1 Å². The molecule has 0 aromatic heterocycles. The standard InChI is InChI=1S/C18H24ClN5O2/c1-3-23(4-2)17(25)13-22-7-9-24(10-8-22)18(26)21-15-6-5-14(12-20)16(19)11-15/h5-6,11H,3-4,7-10,13H2,1-2H3,(H,21,26). The van der Waals surface area contributed by atoms with E-state index in [-0.39, 0.29) is 11.9 Å². The third-order valence-electron chi connectivity index (χ3n) is 4.48. The van der Waals surface area contributed by atoms with E-state index in [2.05, 4.69) is 10.2 Å². The second-order valence-corrected chi connectivity index (χ2v) is 6.47. The lowest BCUT2D eigenvalue weighted by molar-refractivity contribution is -0.132. The van der Waals surface area contributed by atoms with E-state index in [1.165, 1.54) is 0 Å². The summed E-state index contributed by atoms with van der Waals surface area (Å²) in [6, 6.07) is 6.58. The molecule has 1 aromatic carbocycles. The van der Waals surface area contributed by atoms with Gasteiger partial charge in [0.15, 0.2) is 0 Å². The summed E-state index contributed by atoms with van der Waals surface area (Å²) in [6.45, 7) is 8.20. The quantitative estimate of drug-likeness (QED) is 0.853. The Kier molecular flexibility index (Phi) is 7.25. The number of carbonyl (C=O) groups excluding carboxylic acids is 2. The van der Waals surface area contributed by atoms with E-state index < -0.39 is 0 Å². The summed E-state index contributed by atoms with van der Waals surface area (Å²) in [5.74, 6) is 0.125. The zero-order valence-electron chi connectivity index (χ0n) is 15.2. The summed E-state index contributed by atoms with van der Waals surface area (Å²) in [6.07, 6.45) is 0. The minimum Gasteiger partial charge on any atom is -0.342 e. The third-order valence-corrected chi connectivity index (χ3v) is 4.79. The van der Waals surface area contributed by atoms with Crippen LogP contribution < -0.4 is 5.32 Å². The van der Waals surface area contributed by atoms with Crippen LogP contribution in [0.1, 0.15) is 19.4 Å². The van der Waals surface area contributed by atoms with Gasteiger partial charge in [-0.15, -0.1) is 0 Å². The summed E-state index contributed by atoms with van der Waals surface area (Å²) < 4.78 is 0. The molecule has 7 nitrogen and oxygen atoms in total. The van der Waals surface area contributed by atoms with Crippen molar-refractivity contribution in [2.24, 2.45) is 0 Å². The first-order chi connectivity index (χ1) is 12.5. The maximum atomic E-state index is 12.4. The number of nitrogens with zero attached hydrogens (tertiary/aromatic N) is 4. The van der Waals surface area contributed by atoms with E-state index in [1.807, 2.05) is 24.8 Å². The summed E-state index contributed by atoms with van der Waals surface area (Å²) in [5, 5.41) is 12.0. The number of hydrogen-bond donors (Lipinski definition) is 1. The maximum Gasteiger partial charge on any atom is 0.321 e. The zero-order chi connectivity index (χ0) is 19.1. The predicted molar refractivity (Wildman–Crippen MR) is 101 cm³/mol. The van der Waals surface area contributed by atoms with Crippen molar-refractivity contribution in [3.8, 4) is 6.07 Å². The lowest BCUT2D eigenvalue weighted by Crippen LogP contribution is -2.52. The van der Waals surface area contributed by atoms with E-state index >= 15 is 0 Å². The largest absolute Gasteiger partial charge is 0.342 e. The molecule has 1 aromatic rings. The number of carbonyl (C=O) groups is 2. The Morgan fingerprint density at radius 1 is 1.23 bits per heavy atom. The van der Waals surface area contributed by atoms with Crippen molar-refractivity contribution < 1.29 is 9.59 Å². The van der Waals surface area contributed by atoms with Crippen LogP contribution in [0.5, 0.6) is 0 Å². The highest BCUT2D eigenvalue weighted by Gasteiger charge is 2.23. The van der Waals surface area contributed by atoms with Gasteiger partial charge in [-0.2, -0.15) is 5.26 Å². The van der Waals surface area contributed by atoms with Crippen LogP contribution in [-0.2, 0) is 4.79 Å². The van der Waals surface area contributed by atoms with Gasteiger partial charge in [0.25, 0.3) is 0 Å². The lowest BCUT2D eigenvalue weighted by Gasteiger charge is -2.35. The molecule has 2 rings (SSSR count). The number of amides is 3. The molecule has 0 saturated carbocycles. The molecule has 0 bridgehead atoms. The minimum absolute atomic E-state index is 0.125. The monoisotopic (exact) mass is 377 g/mol. The van der Waals surface area contributed by atoms with Gasteiger partial charge in [0.05, 0.1) is 17.1 Å². The molecule has 1 N–H and O–H groups in total. The Bertz CT molecular complexity index is 691. The number of hydrogen-bond acceptors (Lipinski definition) is 4. The van der Waals surface area contributed by atoms with Crippen molar-refractivity contribution in [2.45, 2.75) is 13.8 Å². The fourth-order valence-corrected chi connectivity index (χ4v) is 3.09. The molecule has 1 heterocycles. The minimum atomic E-state index is -0.208. The van der Waals surface area contributed by atoms with Gasteiger partial charge in [0, 0.05) is 45.0 Å². The highest BCUT2D eigenvalue weighted by molar-refractivity contribution is 6.32. The molecular formula is C18H24ClN5O2. The molecule has 0 aliphatic carbocycles. The molecule has 0 spiro atoms. The summed E-state index contributed by atoms with van der Waals surface area (Å²) in [4.78, 5) is 30.1. The highest BCUT2D eigenvalue weighted by atomic mass is 35.5. The number of nitrogens with one attached hydrogen (secondary N) is 1. The number of urea groups is 1. The lowest BCUT2D eigenvalue weighted by atomic mass is 10.2. The van der Waals surface area contributed by atoms with Crippen LogP contribution in [0.2, 0.25) is 5.02 Å². The van der Waals surface area contributed by atoms with E-state index in [1.54, 1.807) is 23.1 Å². The molecule has 140 valence electrons. The number of piperazine rings is 1.